The molecule has 2 rings (SSSR count). The molecule has 0 unspecified atom stereocenters. The van der Waals surface area contributed by atoms with Gasteiger partial charge in [0.15, 0.2) is 0 Å². The molecule has 4 nitrogen and oxygen atoms in total. The number of halogens is 1. The number of aryl methyl sites for hydroxylation is 2. The van der Waals surface area contributed by atoms with Gasteiger partial charge >= 0.3 is 0 Å². The Hall–Kier alpha value is -1.92. The molecule has 21 heavy (non-hydrogen) atoms. The van der Waals surface area contributed by atoms with Crippen LogP contribution in [0.25, 0.3) is 0 Å². The van der Waals surface area contributed by atoms with Crippen molar-refractivity contribution in [2.75, 3.05) is 5.73 Å². The van der Waals surface area contributed by atoms with Gasteiger partial charge in [0.05, 0.1) is 4.90 Å². The zero-order valence-corrected chi connectivity index (χ0v) is 12.7. The molecule has 0 aliphatic heterocycles. The van der Waals surface area contributed by atoms with E-state index in [0.717, 1.165) is 0 Å². The van der Waals surface area contributed by atoms with Crippen molar-refractivity contribution in [1.82, 2.24) is 4.72 Å². The average Bonchev–Trinajstić information content (AvgIpc) is 2.36. The van der Waals surface area contributed by atoms with Crippen LogP contribution in [0.15, 0.2) is 41.3 Å². The lowest BCUT2D eigenvalue weighted by atomic mass is 10.1. The number of sulfonamides is 1. The molecule has 0 saturated heterocycles. The molecule has 0 radical (unpaired) electrons. The van der Waals surface area contributed by atoms with Gasteiger partial charge in [-0.2, -0.15) is 0 Å². The fourth-order valence-corrected chi connectivity index (χ4v) is 3.73. The predicted octanol–water partition coefficient (Wildman–Crippen LogP) is 2.50. The first kappa shape index (κ1) is 15.5. The first-order chi connectivity index (χ1) is 9.79. The number of hydrogen-bond acceptors (Lipinski definition) is 3. The molecule has 0 amide bonds. The summed E-state index contributed by atoms with van der Waals surface area (Å²) in [6, 6.07) is 8.92. The van der Waals surface area contributed by atoms with Crippen molar-refractivity contribution < 1.29 is 12.8 Å². The van der Waals surface area contributed by atoms with E-state index in [-0.39, 0.29) is 17.3 Å². The van der Waals surface area contributed by atoms with E-state index < -0.39 is 10.0 Å². The number of benzene rings is 2. The van der Waals surface area contributed by atoms with Crippen LogP contribution < -0.4 is 10.5 Å². The standard InChI is InChI=1S/C15H17FN2O2S/c1-10-7-14(17)8-11(2)15(10)21(19,20)18-9-12-3-5-13(16)6-4-12/h3-8,18H,9,17H2,1-2H3. The number of nitrogen functional groups attached to an aromatic ring is 1. The molecule has 0 heterocycles. The normalized spacial score (nSPS) is 11.6. The highest BCUT2D eigenvalue weighted by Crippen LogP contribution is 2.23. The lowest BCUT2D eigenvalue weighted by molar-refractivity contribution is 0.580. The lowest BCUT2D eigenvalue weighted by Crippen LogP contribution is -2.25. The van der Waals surface area contributed by atoms with Crippen LogP contribution in [0.1, 0.15) is 16.7 Å². The summed E-state index contributed by atoms with van der Waals surface area (Å²) >= 11 is 0. The summed E-state index contributed by atoms with van der Waals surface area (Å²) in [5.74, 6) is -0.355. The highest BCUT2D eigenvalue weighted by molar-refractivity contribution is 7.89. The topological polar surface area (TPSA) is 72.2 Å². The van der Waals surface area contributed by atoms with Gasteiger partial charge in [-0.3, -0.25) is 0 Å². The van der Waals surface area contributed by atoms with E-state index in [4.69, 9.17) is 5.73 Å². The summed E-state index contributed by atoms with van der Waals surface area (Å²) in [4.78, 5) is 0.235. The SMILES string of the molecule is Cc1cc(N)cc(C)c1S(=O)(=O)NCc1ccc(F)cc1. The van der Waals surface area contributed by atoms with Crippen LogP contribution in [-0.2, 0) is 16.6 Å². The van der Waals surface area contributed by atoms with Gasteiger partial charge in [0, 0.05) is 12.2 Å². The molecule has 2 aromatic rings. The minimum atomic E-state index is -3.65. The van der Waals surface area contributed by atoms with Gasteiger partial charge < -0.3 is 5.73 Å². The van der Waals surface area contributed by atoms with Gasteiger partial charge in [0.2, 0.25) is 10.0 Å². The number of rotatable bonds is 4. The van der Waals surface area contributed by atoms with Crippen LogP contribution >= 0.6 is 0 Å². The molecule has 0 bridgehead atoms. The maximum absolute atomic E-state index is 12.8. The Bertz CT molecular complexity index is 733. The van der Waals surface area contributed by atoms with Gasteiger partial charge in [-0.1, -0.05) is 12.1 Å². The third kappa shape index (κ3) is 3.59. The van der Waals surface area contributed by atoms with E-state index in [9.17, 15) is 12.8 Å². The summed E-state index contributed by atoms with van der Waals surface area (Å²) in [5, 5.41) is 0. The quantitative estimate of drug-likeness (QED) is 0.852. The zero-order chi connectivity index (χ0) is 15.6. The predicted molar refractivity (Wildman–Crippen MR) is 80.8 cm³/mol. The summed E-state index contributed by atoms with van der Waals surface area (Å²) in [5.41, 5.74) is 8.11. The van der Waals surface area contributed by atoms with E-state index in [1.807, 2.05) is 0 Å². The van der Waals surface area contributed by atoms with Crippen molar-refractivity contribution in [3.05, 3.63) is 58.9 Å². The van der Waals surface area contributed by atoms with Gasteiger partial charge in [0.25, 0.3) is 0 Å². The molecule has 2 aromatic carbocycles. The number of nitrogens with one attached hydrogen (secondary N) is 1. The van der Waals surface area contributed by atoms with Crippen molar-refractivity contribution >= 4 is 15.7 Å². The van der Waals surface area contributed by atoms with Gasteiger partial charge in [-0.25, -0.2) is 17.5 Å². The van der Waals surface area contributed by atoms with Gasteiger partial charge in [-0.15, -0.1) is 0 Å². The summed E-state index contributed by atoms with van der Waals surface area (Å²) in [6.07, 6.45) is 0. The first-order valence-electron chi connectivity index (χ1n) is 6.40. The third-order valence-electron chi connectivity index (χ3n) is 3.13. The Morgan fingerprint density at radius 2 is 1.62 bits per heavy atom. The van der Waals surface area contributed by atoms with E-state index in [1.165, 1.54) is 12.1 Å². The molecule has 0 fully saturated rings. The molecule has 0 aliphatic rings. The summed E-state index contributed by atoms with van der Waals surface area (Å²) in [6.45, 7) is 3.51. The van der Waals surface area contributed by atoms with Gasteiger partial charge in [-0.05, 0) is 54.8 Å². The molecule has 0 saturated carbocycles. The van der Waals surface area contributed by atoms with E-state index in [2.05, 4.69) is 4.72 Å². The number of hydrogen-bond donors (Lipinski definition) is 2. The third-order valence-corrected chi connectivity index (χ3v) is 4.84. The Kier molecular flexibility index (Phi) is 4.29. The van der Waals surface area contributed by atoms with Crippen molar-refractivity contribution in [1.29, 1.82) is 0 Å². The van der Waals surface area contributed by atoms with Crippen molar-refractivity contribution in [3.8, 4) is 0 Å². The van der Waals surface area contributed by atoms with Crippen molar-refractivity contribution in [3.63, 3.8) is 0 Å². The van der Waals surface area contributed by atoms with E-state index in [0.29, 0.717) is 22.4 Å². The summed E-state index contributed by atoms with van der Waals surface area (Å²) in [7, 11) is -3.65. The molecule has 0 atom stereocenters. The smallest absolute Gasteiger partial charge is 0.241 e. The number of anilines is 1. The molecule has 3 N–H and O–H groups in total. The van der Waals surface area contributed by atoms with Crippen molar-refractivity contribution in [2.24, 2.45) is 0 Å². The Morgan fingerprint density at radius 3 is 2.14 bits per heavy atom. The number of nitrogens with two attached hydrogens (primary N) is 1. The fourth-order valence-electron chi connectivity index (χ4n) is 2.26. The first-order valence-corrected chi connectivity index (χ1v) is 7.89. The second kappa shape index (κ2) is 5.83. The lowest BCUT2D eigenvalue weighted by Gasteiger charge is -2.13. The van der Waals surface area contributed by atoms with Crippen LogP contribution in [0.2, 0.25) is 0 Å². The minimum Gasteiger partial charge on any atom is -0.399 e. The second-order valence-electron chi connectivity index (χ2n) is 4.93. The van der Waals surface area contributed by atoms with Crippen LogP contribution in [0.3, 0.4) is 0 Å². The van der Waals surface area contributed by atoms with E-state index in [1.54, 1.807) is 38.1 Å². The summed E-state index contributed by atoms with van der Waals surface area (Å²) < 4.78 is 40.1. The Balaban J connectivity index is 2.25. The zero-order valence-electron chi connectivity index (χ0n) is 11.9. The van der Waals surface area contributed by atoms with Crippen molar-refractivity contribution in [2.45, 2.75) is 25.3 Å². The Labute approximate surface area is 123 Å². The highest BCUT2D eigenvalue weighted by atomic mass is 32.2. The monoisotopic (exact) mass is 308 g/mol. The average molecular weight is 308 g/mol. The van der Waals surface area contributed by atoms with Gasteiger partial charge in [0.1, 0.15) is 5.82 Å². The largest absolute Gasteiger partial charge is 0.399 e. The molecule has 112 valence electrons. The maximum atomic E-state index is 12.8. The highest BCUT2D eigenvalue weighted by Gasteiger charge is 2.19. The van der Waals surface area contributed by atoms with Crippen LogP contribution in [-0.4, -0.2) is 8.42 Å². The minimum absolute atomic E-state index is 0.103. The fraction of sp³-hybridized carbons (Fsp3) is 0.200. The molecule has 6 heteroatoms. The van der Waals surface area contributed by atoms with Crippen LogP contribution in [0.5, 0.6) is 0 Å². The molecule has 0 aliphatic carbocycles. The van der Waals surface area contributed by atoms with Crippen LogP contribution in [0, 0.1) is 19.7 Å². The maximum Gasteiger partial charge on any atom is 0.241 e. The molecular weight excluding hydrogens is 291 g/mol. The molecule has 0 spiro atoms. The van der Waals surface area contributed by atoms with Crippen LogP contribution in [0.4, 0.5) is 10.1 Å². The second-order valence-corrected chi connectivity index (χ2v) is 6.64. The van der Waals surface area contributed by atoms with E-state index >= 15 is 0 Å². The molecule has 0 aromatic heterocycles. The molecular formula is C15H17FN2O2S. The Morgan fingerprint density at radius 1 is 1.10 bits per heavy atom.